The zero-order chi connectivity index (χ0) is 11.5. The van der Waals surface area contributed by atoms with Gasteiger partial charge < -0.3 is 9.80 Å². The van der Waals surface area contributed by atoms with Gasteiger partial charge in [0, 0.05) is 38.1 Å². The van der Waals surface area contributed by atoms with Gasteiger partial charge in [0.15, 0.2) is 0 Å². The molecule has 0 amide bonds. The third-order valence-corrected chi connectivity index (χ3v) is 3.54. The van der Waals surface area contributed by atoms with Gasteiger partial charge in [0.1, 0.15) is 0 Å². The van der Waals surface area contributed by atoms with Crippen LogP contribution in [0.25, 0.3) is 0 Å². The first-order valence-electron chi connectivity index (χ1n) is 6.35. The third-order valence-electron chi connectivity index (χ3n) is 3.54. The number of aryl methyl sites for hydroxylation is 1. The van der Waals surface area contributed by atoms with E-state index in [1.165, 1.54) is 36.3 Å². The van der Waals surface area contributed by atoms with Crippen LogP contribution in [0.2, 0.25) is 0 Å². The van der Waals surface area contributed by atoms with Gasteiger partial charge in [-0.3, -0.25) is 0 Å². The molecule has 0 spiro atoms. The standard InChI is InChI=1S/C14H22N2/c1-4-16(5-2)13-8-9-14-12(11-13)7-6-10-15(14)3/h8-9,11H,4-7,10H2,1-3H3. The van der Waals surface area contributed by atoms with E-state index >= 15 is 0 Å². The van der Waals surface area contributed by atoms with E-state index < -0.39 is 0 Å². The maximum Gasteiger partial charge on any atom is 0.0397 e. The van der Waals surface area contributed by atoms with Gasteiger partial charge >= 0.3 is 0 Å². The molecule has 0 atom stereocenters. The molecular formula is C14H22N2. The highest BCUT2D eigenvalue weighted by Gasteiger charge is 2.14. The Kier molecular flexibility index (Phi) is 3.37. The molecule has 1 aromatic rings. The molecular weight excluding hydrogens is 196 g/mol. The van der Waals surface area contributed by atoms with Crippen molar-refractivity contribution >= 4 is 11.4 Å². The van der Waals surface area contributed by atoms with Crippen LogP contribution in [-0.4, -0.2) is 26.7 Å². The van der Waals surface area contributed by atoms with Crippen molar-refractivity contribution in [3.8, 4) is 0 Å². The van der Waals surface area contributed by atoms with Gasteiger partial charge in [-0.1, -0.05) is 0 Å². The fraction of sp³-hybridized carbons (Fsp3) is 0.571. The molecule has 1 heterocycles. The Morgan fingerprint density at radius 2 is 2.00 bits per heavy atom. The lowest BCUT2D eigenvalue weighted by Crippen LogP contribution is -2.26. The molecule has 2 nitrogen and oxygen atoms in total. The van der Waals surface area contributed by atoms with Crippen molar-refractivity contribution in [1.82, 2.24) is 0 Å². The molecule has 16 heavy (non-hydrogen) atoms. The smallest absolute Gasteiger partial charge is 0.0397 e. The van der Waals surface area contributed by atoms with Gasteiger partial charge in [0.2, 0.25) is 0 Å². The average Bonchev–Trinajstić information content (AvgIpc) is 2.31. The van der Waals surface area contributed by atoms with Crippen LogP contribution in [0.15, 0.2) is 18.2 Å². The molecule has 2 heteroatoms. The Labute approximate surface area is 98.9 Å². The van der Waals surface area contributed by atoms with E-state index in [0.29, 0.717) is 0 Å². The minimum absolute atomic E-state index is 1.09. The molecule has 0 saturated carbocycles. The van der Waals surface area contributed by atoms with Gasteiger partial charge in [-0.15, -0.1) is 0 Å². The van der Waals surface area contributed by atoms with Gasteiger partial charge in [0.05, 0.1) is 0 Å². The molecule has 1 aliphatic rings. The Morgan fingerprint density at radius 3 is 2.69 bits per heavy atom. The summed E-state index contributed by atoms with van der Waals surface area (Å²) in [4.78, 5) is 4.78. The number of anilines is 2. The third kappa shape index (κ3) is 2.01. The summed E-state index contributed by atoms with van der Waals surface area (Å²) in [7, 11) is 2.19. The second kappa shape index (κ2) is 4.77. The summed E-state index contributed by atoms with van der Waals surface area (Å²) in [5.41, 5.74) is 4.30. The van der Waals surface area contributed by atoms with Crippen molar-refractivity contribution in [3.63, 3.8) is 0 Å². The molecule has 0 aliphatic carbocycles. The highest BCUT2D eigenvalue weighted by atomic mass is 15.1. The summed E-state index contributed by atoms with van der Waals surface area (Å²) in [5.74, 6) is 0. The van der Waals surface area contributed by atoms with E-state index in [-0.39, 0.29) is 0 Å². The van der Waals surface area contributed by atoms with Crippen LogP contribution < -0.4 is 9.80 Å². The molecule has 2 rings (SSSR count). The van der Waals surface area contributed by atoms with Crippen molar-refractivity contribution < 1.29 is 0 Å². The van der Waals surface area contributed by atoms with Gasteiger partial charge in [-0.2, -0.15) is 0 Å². The van der Waals surface area contributed by atoms with Gasteiger partial charge in [-0.25, -0.2) is 0 Å². The van der Waals surface area contributed by atoms with E-state index in [1.807, 2.05) is 0 Å². The lowest BCUT2D eigenvalue weighted by molar-refractivity contribution is 0.743. The van der Waals surface area contributed by atoms with Crippen LogP contribution in [0, 0.1) is 0 Å². The maximum atomic E-state index is 2.41. The van der Waals surface area contributed by atoms with Crippen LogP contribution in [0.3, 0.4) is 0 Å². The fourth-order valence-electron chi connectivity index (χ4n) is 2.56. The van der Waals surface area contributed by atoms with Crippen LogP contribution in [0.1, 0.15) is 25.8 Å². The molecule has 0 fully saturated rings. The minimum Gasteiger partial charge on any atom is -0.374 e. The molecule has 1 aromatic carbocycles. The number of rotatable bonds is 3. The Bertz CT molecular complexity index is 356. The summed E-state index contributed by atoms with van der Waals surface area (Å²) in [6.45, 7) is 7.80. The summed E-state index contributed by atoms with van der Waals surface area (Å²) in [6, 6.07) is 6.91. The maximum absolute atomic E-state index is 2.41. The van der Waals surface area contributed by atoms with Crippen LogP contribution in [-0.2, 0) is 6.42 Å². The van der Waals surface area contributed by atoms with Crippen molar-refractivity contribution in [3.05, 3.63) is 23.8 Å². The van der Waals surface area contributed by atoms with E-state index in [2.05, 4.69) is 48.9 Å². The van der Waals surface area contributed by atoms with E-state index in [9.17, 15) is 0 Å². The molecule has 0 saturated heterocycles. The lowest BCUT2D eigenvalue weighted by Gasteiger charge is -2.29. The Morgan fingerprint density at radius 1 is 1.25 bits per heavy atom. The SMILES string of the molecule is CCN(CC)c1ccc2c(c1)CCCN2C. The molecule has 0 aromatic heterocycles. The summed E-state index contributed by atoms with van der Waals surface area (Å²) >= 11 is 0. The number of hydrogen-bond acceptors (Lipinski definition) is 2. The quantitative estimate of drug-likeness (QED) is 0.769. The number of hydrogen-bond donors (Lipinski definition) is 0. The molecule has 0 N–H and O–H groups in total. The Hall–Kier alpha value is -1.18. The second-order valence-corrected chi connectivity index (χ2v) is 4.51. The molecule has 1 aliphatic heterocycles. The number of nitrogens with zero attached hydrogens (tertiary/aromatic N) is 2. The fourth-order valence-corrected chi connectivity index (χ4v) is 2.56. The normalized spacial score (nSPS) is 14.8. The monoisotopic (exact) mass is 218 g/mol. The number of fused-ring (bicyclic) bond motifs is 1. The average molecular weight is 218 g/mol. The van der Waals surface area contributed by atoms with E-state index in [1.54, 1.807) is 0 Å². The first kappa shape index (κ1) is 11.3. The van der Waals surface area contributed by atoms with Crippen LogP contribution in [0.4, 0.5) is 11.4 Å². The van der Waals surface area contributed by atoms with E-state index in [4.69, 9.17) is 0 Å². The zero-order valence-electron chi connectivity index (χ0n) is 10.7. The van der Waals surface area contributed by atoms with Gasteiger partial charge in [-0.05, 0) is 50.5 Å². The summed E-state index contributed by atoms with van der Waals surface area (Å²) in [5, 5.41) is 0. The largest absolute Gasteiger partial charge is 0.374 e. The predicted molar refractivity (Wildman–Crippen MR) is 71.6 cm³/mol. The van der Waals surface area contributed by atoms with Crippen molar-refractivity contribution in [2.24, 2.45) is 0 Å². The molecule has 88 valence electrons. The highest BCUT2D eigenvalue weighted by molar-refractivity contribution is 5.62. The van der Waals surface area contributed by atoms with Crippen LogP contribution in [0.5, 0.6) is 0 Å². The second-order valence-electron chi connectivity index (χ2n) is 4.51. The first-order valence-corrected chi connectivity index (χ1v) is 6.35. The summed E-state index contributed by atoms with van der Waals surface area (Å²) < 4.78 is 0. The number of benzene rings is 1. The van der Waals surface area contributed by atoms with E-state index in [0.717, 1.165) is 13.1 Å². The minimum atomic E-state index is 1.09. The predicted octanol–water partition coefficient (Wildman–Crippen LogP) is 2.92. The molecule has 0 bridgehead atoms. The highest BCUT2D eigenvalue weighted by Crippen LogP contribution is 2.29. The topological polar surface area (TPSA) is 6.48 Å². The van der Waals surface area contributed by atoms with Crippen molar-refractivity contribution in [1.29, 1.82) is 0 Å². The zero-order valence-corrected chi connectivity index (χ0v) is 10.7. The van der Waals surface area contributed by atoms with Crippen molar-refractivity contribution in [2.75, 3.05) is 36.5 Å². The molecule has 0 unspecified atom stereocenters. The van der Waals surface area contributed by atoms with Crippen molar-refractivity contribution in [2.45, 2.75) is 26.7 Å². The van der Waals surface area contributed by atoms with Crippen LogP contribution >= 0.6 is 0 Å². The molecule has 0 radical (unpaired) electrons. The Balaban J connectivity index is 2.31. The first-order chi connectivity index (χ1) is 7.76. The summed E-state index contributed by atoms with van der Waals surface area (Å²) in [6.07, 6.45) is 2.51. The van der Waals surface area contributed by atoms with Gasteiger partial charge in [0.25, 0.3) is 0 Å². The lowest BCUT2D eigenvalue weighted by atomic mass is 10.0.